The summed E-state index contributed by atoms with van der Waals surface area (Å²) in [6.07, 6.45) is 0.129. The van der Waals surface area contributed by atoms with Gasteiger partial charge in [0.2, 0.25) is 0 Å². The fraction of sp³-hybridized carbons (Fsp3) is 0.435. The molecule has 150 valence electrons. The summed E-state index contributed by atoms with van der Waals surface area (Å²) in [5.74, 6) is 0.683. The summed E-state index contributed by atoms with van der Waals surface area (Å²) in [4.78, 5) is 14.9. The van der Waals surface area contributed by atoms with Crippen LogP contribution >= 0.6 is 0 Å². The molecule has 1 atom stereocenters. The van der Waals surface area contributed by atoms with Gasteiger partial charge < -0.3 is 19.7 Å². The van der Waals surface area contributed by atoms with Gasteiger partial charge in [-0.1, -0.05) is 36.8 Å². The molecule has 0 unspecified atom stereocenters. The standard InChI is InChI=1S/C23H30N2O3/c1-4-21(28-22-10-5-17(2)15-18(22)3)23(26)24-16-19-6-8-20(9-7-19)25-11-13-27-14-12-25/h5-10,15,21H,4,11-14,16H2,1-3H3,(H,24,26)/t21-/m0/s1. The first-order chi connectivity index (χ1) is 13.6. The molecular weight excluding hydrogens is 352 g/mol. The van der Waals surface area contributed by atoms with Crippen LogP contribution in [0.25, 0.3) is 0 Å². The van der Waals surface area contributed by atoms with Crippen LogP contribution < -0.4 is 15.0 Å². The van der Waals surface area contributed by atoms with E-state index in [1.165, 1.54) is 11.3 Å². The number of amides is 1. The van der Waals surface area contributed by atoms with Gasteiger partial charge in [-0.3, -0.25) is 4.79 Å². The minimum Gasteiger partial charge on any atom is -0.480 e. The largest absolute Gasteiger partial charge is 0.480 e. The minimum absolute atomic E-state index is 0.0836. The number of nitrogens with zero attached hydrogens (tertiary/aromatic N) is 1. The molecule has 1 saturated heterocycles. The topological polar surface area (TPSA) is 50.8 Å². The molecule has 1 fully saturated rings. The summed E-state index contributed by atoms with van der Waals surface area (Å²) in [7, 11) is 0. The van der Waals surface area contributed by atoms with Crippen LogP contribution in [0.5, 0.6) is 5.75 Å². The minimum atomic E-state index is -0.492. The van der Waals surface area contributed by atoms with Gasteiger partial charge in [0.15, 0.2) is 6.10 Å². The molecule has 28 heavy (non-hydrogen) atoms. The highest BCUT2D eigenvalue weighted by Gasteiger charge is 2.19. The molecule has 1 aliphatic heterocycles. The molecule has 5 heteroatoms. The maximum absolute atomic E-state index is 12.6. The molecule has 1 amide bonds. The number of hydrogen-bond donors (Lipinski definition) is 1. The van der Waals surface area contributed by atoms with Crippen molar-refractivity contribution in [2.24, 2.45) is 0 Å². The van der Waals surface area contributed by atoms with Gasteiger partial charge in [0.05, 0.1) is 13.2 Å². The van der Waals surface area contributed by atoms with Gasteiger partial charge in [-0.15, -0.1) is 0 Å². The van der Waals surface area contributed by atoms with Gasteiger partial charge in [-0.05, 0) is 49.6 Å². The Balaban J connectivity index is 1.54. The molecule has 1 heterocycles. The molecule has 5 nitrogen and oxygen atoms in total. The lowest BCUT2D eigenvalue weighted by Crippen LogP contribution is -2.37. The van der Waals surface area contributed by atoms with Crippen molar-refractivity contribution in [2.75, 3.05) is 31.2 Å². The lowest BCUT2D eigenvalue weighted by molar-refractivity contribution is -0.128. The number of carbonyl (C=O) groups excluding carboxylic acids is 1. The Bertz CT molecular complexity index is 783. The highest BCUT2D eigenvalue weighted by molar-refractivity contribution is 5.81. The van der Waals surface area contributed by atoms with E-state index in [-0.39, 0.29) is 5.91 Å². The lowest BCUT2D eigenvalue weighted by Gasteiger charge is -2.29. The summed E-state index contributed by atoms with van der Waals surface area (Å²) >= 11 is 0. The van der Waals surface area contributed by atoms with Crippen LogP contribution in [0.15, 0.2) is 42.5 Å². The molecule has 0 bridgehead atoms. The maximum Gasteiger partial charge on any atom is 0.261 e. The third-order valence-corrected chi connectivity index (χ3v) is 5.04. The van der Waals surface area contributed by atoms with Gasteiger partial charge in [-0.25, -0.2) is 0 Å². The van der Waals surface area contributed by atoms with Crippen molar-refractivity contribution in [1.29, 1.82) is 0 Å². The molecule has 1 N–H and O–H groups in total. The Morgan fingerprint density at radius 2 is 1.86 bits per heavy atom. The van der Waals surface area contributed by atoms with Crippen molar-refractivity contribution < 1.29 is 14.3 Å². The van der Waals surface area contributed by atoms with Gasteiger partial charge in [0, 0.05) is 25.3 Å². The second-order valence-corrected chi connectivity index (χ2v) is 7.27. The van der Waals surface area contributed by atoms with E-state index in [0.717, 1.165) is 43.2 Å². The number of aryl methyl sites for hydroxylation is 2. The Kier molecular flexibility index (Phi) is 6.93. The van der Waals surface area contributed by atoms with Crippen molar-refractivity contribution in [3.8, 4) is 5.75 Å². The third-order valence-electron chi connectivity index (χ3n) is 5.04. The number of anilines is 1. The second-order valence-electron chi connectivity index (χ2n) is 7.27. The summed E-state index contributed by atoms with van der Waals surface area (Å²) < 4.78 is 11.4. The van der Waals surface area contributed by atoms with E-state index >= 15 is 0 Å². The van der Waals surface area contributed by atoms with E-state index < -0.39 is 6.10 Å². The number of rotatable bonds is 7. The molecular formula is C23H30N2O3. The Morgan fingerprint density at radius 1 is 1.14 bits per heavy atom. The number of morpholine rings is 1. The quantitative estimate of drug-likeness (QED) is 0.795. The predicted octanol–water partition coefficient (Wildman–Crippen LogP) is 3.61. The molecule has 0 saturated carbocycles. The van der Waals surface area contributed by atoms with Crippen molar-refractivity contribution >= 4 is 11.6 Å². The van der Waals surface area contributed by atoms with E-state index in [4.69, 9.17) is 9.47 Å². The average Bonchev–Trinajstić information content (AvgIpc) is 2.72. The zero-order valence-corrected chi connectivity index (χ0v) is 17.0. The predicted molar refractivity (Wildman–Crippen MR) is 112 cm³/mol. The lowest BCUT2D eigenvalue weighted by atomic mass is 10.1. The summed E-state index contributed by atoms with van der Waals surface area (Å²) in [6.45, 7) is 9.90. The highest BCUT2D eigenvalue weighted by Crippen LogP contribution is 2.21. The number of ether oxygens (including phenoxy) is 2. The zero-order valence-electron chi connectivity index (χ0n) is 17.0. The first kappa shape index (κ1) is 20.2. The van der Waals surface area contributed by atoms with Crippen molar-refractivity contribution in [1.82, 2.24) is 5.32 Å². The van der Waals surface area contributed by atoms with Crippen LogP contribution in [-0.2, 0) is 16.1 Å². The van der Waals surface area contributed by atoms with E-state index in [0.29, 0.717) is 13.0 Å². The normalized spacial score (nSPS) is 15.2. The van der Waals surface area contributed by atoms with E-state index in [1.54, 1.807) is 0 Å². The number of hydrogen-bond acceptors (Lipinski definition) is 4. The van der Waals surface area contributed by atoms with Crippen molar-refractivity contribution in [3.63, 3.8) is 0 Å². The number of carbonyl (C=O) groups is 1. The molecule has 0 spiro atoms. The van der Waals surface area contributed by atoms with Gasteiger partial charge in [0.25, 0.3) is 5.91 Å². The SMILES string of the molecule is CC[C@H](Oc1ccc(C)cc1C)C(=O)NCc1ccc(N2CCOCC2)cc1. The first-order valence-electron chi connectivity index (χ1n) is 10.00. The van der Waals surface area contributed by atoms with Crippen LogP contribution in [0.3, 0.4) is 0 Å². The first-order valence-corrected chi connectivity index (χ1v) is 10.00. The molecule has 0 radical (unpaired) electrons. The number of nitrogens with one attached hydrogen (secondary N) is 1. The van der Waals surface area contributed by atoms with Crippen LogP contribution in [-0.4, -0.2) is 38.3 Å². The summed E-state index contributed by atoms with van der Waals surface area (Å²) in [6, 6.07) is 14.4. The maximum atomic E-state index is 12.6. The third kappa shape index (κ3) is 5.26. The van der Waals surface area contributed by atoms with E-state index in [1.807, 2.05) is 32.9 Å². The van der Waals surface area contributed by atoms with E-state index in [9.17, 15) is 4.79 Å². The van der Waals surface area contributed by atoms with Crippen LogP contribution in [0.2, 0.25) is 0 Å². The fourth-order valence-electron chi connectivity index (χ4n) is 3.36. The van der Waals surface area contributed by atoms with Gasteiger partial charge in [0.1, 0.15) is 5.75 Å². The monoisotopic (exact) mass is 382 g/mol. The van der Waals surface area contributed by atoms with Crippen LogP contribution in [0.1, 0.15) is 30.0 Å². The van der Waals surface area contributed by atoms with Gasteiger partial charge >= 0.3 is 0 Å². The van der Waals surface area contributed by atoms with Gasteiger partial charge in [-0.2, -0.15) is 0 Å². The summed E-state index contributed by atoms with van der Waals surface area (Å²) in [5, 5.41) is 3.00. The van der Waals surface area contributed by atoms with E-state index in [2.05, 4.69) is 40.5 Å². The zero-order chi connectivity index (χ0) is 19.9. The number of benzene rings is 2. The Labute approximate surface area is 167 Å². The highest BCUT2D eigenvalue weighted by atomic mass is 16.5. The second kappa shape index (κ2) is 9.60. The Morgan fingerprint density at radius 3 is 2.50 bits per heavy atom. The fourth-order valence-corrected chi connectivity index (χ4v) is 3.36. The van der Waals surface area contributed by atoms with Crippen molar-refractivity contribution in [3.05, 3.63) is 59.2 Å². The summed E-state index contributed by atoms with van der Waals surface area (Å²) in [5.41, 5.74) is 4.50. The molecule has 2 aromatic carbocycles. The molecule has 2 aromatic rings. The molecule has 3 rings (SSSR count). The molecule has 0 aromatic heterocycles. The van der Waals surface area contributed by atoms with Crippen molar-refractivity contribution in [2.45, 2.75) is 39.8 Å². The molecule has 1 aliphatic rings. The smallest absolute Gasteiger partial charge is 0.261 e. The average molecular weight is 383 g/mol. The van der Waals surface area contributed by atoms with Crippen LogP contribution in [0, 0.1) is 13.8 Å². The molecule has 0 aliphatic carbocycles. The Hall–Kier alpha value is -2.53. The van der Waals surface area contributed by atoms with Crippen LogP contribution in [0.4, 0.5) is 5.69 Å².